The van der Waals surface area contributed by atoms with Crippen LogP contribution in [-0.2, 0) is 17.8 Å². The summed E-state index contributed by atoms with van der Waals surface area (Å²) in [5.41, 5.74) is 4.70. The molecule has 0 aliphatic heterocycles. The fourth-order valence-corrected chi connectivity index (χ4v) is 4.09. The van der Waals surface area contributed by atoms with E-state index >= 15 is 0 Å². The number of aliphatic hydroxyl groups excluding tert-OH is 1. The number of H-pyrrole nitrogens is 1. The Morgan fingerprint density at radius 2 is 1.91 bits per heavy atom. The molecule has 0 unspecified atom stereocenters. The average molecular weight is 459 g/mol. The second-order valence-corrected chi connectivity index (χ2v) is 8.23. The fraction of sp³-hybridized carbons (Fsp3) is 0.250. The summed E-state index contributed by atoms with van der Waals surface area (Å²) in [6, 6.07) is 21.4. The van der Waals surface area contributed by atoms with Gasteiger partial charge in [0, 0.05) is 35.1 Å². The monoisotopic (exact) mass is 458 g/mol. The Morgan fingerprint density at radius 3 is 2.71 bits per heavy atom. The summed E-state index contributed by atoms with van der Waals surface area (Å²) in [4.78, 5) is 15.5. The predicted molar refractivity (Wildman–Crippen MR) is 135 cm³/mol. The van der Waals surface area contributed by atoms with Crippen LogP contribution < -0.4 is 14.8 Å². The normalized spacial score (nSPS) is 11.9. The molecular weight excluding hydrogens is 428 g/mol. The lowest BCUT2D eigenvalue weighted by Crippen LogP contribution is -2.15. The summed E-state index contributed by atoms with van der Waals surface area (Å²) in [6.07, 6.45) is 2.98. The van der Waals surface area contributed by atoms with Gasteiger partial charge in [-0.1, -0.05) is 37.3 Å². The molecule has 0 spiro atoms. The number of carbonyl (C=O) groups is 1. The van der Waals surface area contributed by atoms with Crippen molar-refractivity contribution in [1.82, 2.24) is 4.98 Å². The van der Waals surface area contributed by atoms with Gasteiger partial charge in [0.2, 0.25) is 5.91 Å². The van der Waals surface area contributed by atoms with E-state index < -0.39 is 0 Å². The molecule has 1 aromatic heterocycles. The number of fused-ring (bicyclic) bond motifs is 1. The lowest BCUT2D eigenvalue weighted by atomic mass is 9.91. The number of anilines is 1. The summed E-state index contributed by atoms with van der Waals surface area (Å²) in [7, 11) is 1.64. The van der Waals surface area contributed by atoms with Crippen molar-refractivity contribution in [1.29, 1.82) is 0 Å². The van der Waals surface area contributed by atoms with Crippen molar-refractivity contribution in [2.24, 2.45) is 0 Å². The highest BCUT2D eigenvalue weighted by Gasteiger charge is 2.19. The Kier molecular flexibility index (Phi) is 7.50. The number of methoxy groups -OCH3 is 1. The predicted octanol–water partition coefficient (Wildman–Crippen LogP) is 5.42. The van der Waals surface area contributed by atoms with Crippen LogP contribution in [0.3, 0.4) is 0 Å². The zero-order valence-electron chi connectivity index (χ0n) is 19.5. The third kappa shape index (κ3) is 5.41. The molecule has 0 fully saturated rings. The number of aromatic amines is 1. The summed E-state index contributed by atoms with van der Waals surface area (Å²) in [6.45, 7) is 2.13. The van der Waals surface area contributed by atoms with Crippen molar-refractivity contribution in [3.05, 3.63) is 89.6 Å². The van der Waals surface area contributed by atoms with Crippen LogP contribution in [0.15, 0.2) is 72.9 Å². The maximum Gasteiger partial charge on any atom is 0.224 e. The molecule has 0 aliphatic rings. The van der Waals surface area contributed by atoms with Crippen LogP contribution in [0.25, 0.3) is 10.9 Å². The highest BCUT2D eigenvalue weighted by atomic mass is 16.5. The number of hydrogen-bond acceptors (Lipinski definition) is 4. The largest absolute Gasteiger partial charge is 0.497 e. The molecule has 1 atom stereocenters. The van der Waals surface area contributed by atoms with Gasteiger partial charge in [0.05, 0.1) is 13.7 Å². The Morgan fingerprint density at radius 1 is 1.06 bits per heavy atom. The quantitative estimate of drug-likeness (QED) is 0.296. The van der Waals surface area contributed by atoms with E-state index in [1.54, 1.807) is 7.11 Å². The number of benzene rings is 3. The van der Waals surface area contributed by atoms with Crippen LogP contribution in [0, 0.1) is 0 Å². The molecule has 6 heteroatoms. The number of hydrogen-bond donors (Lipinski definition) is 3. The van der Waals surface area contributed by atoms with E-state index in [1.807, 2.05) is 73.8 Å². The van der Waals surface area contributed by atoms with E-state index in [9.17, 15) is 9.90 Å². The zero-order valence-corrected chi connectivity index (χ0v) is 19.5. The van der Waals surface area contributed by atoms with Crippen molar-refractivity contribution < 1.29 is 19.4 Å². The van der Waals surface area contributed by atoms with Crippen molar-refractivity contribution >= 4 is 22.5 Å². The van der Waals surface area contributed by atoms with E-state index in [-0.39, 0.29) is 18.4 Å². The van der Waals surface area contributed by atoms with Crippen LogP contribution in [0.5, 0.6) is 11.5 Å². The van der Waals surface area contributed by atoms with Gasteiger partial charge in [0.1, 0.15) is 18.1 Å². The summed E-state index contributed by atoms with van der Waals surface area (Å²) in [5, 5.41) is 14.5. The lowest BCUT2D eigenvalue weighted by molar-refractivity contribution is -0.115. The Bertz CT molecular complexity index is 1260. The first-order chi connectivity index (χ1) is 16.6. The molecule has 176 valence electrons. The first kappa shape index (κ1) is 23.4. The third-order valence-electron chi connectivity index (χ3n) is 5.96. The first-order valence-electron chi connectivity index (χ1n) is 11.5. The second kappa shape index (κ2) is 10.9. The maximum atomic E-state index is 12.2. The number of amides is 1. The van der Waals surface area contributed by atoms with Gasteiger partial charge >= 0.3 is 0 Å². The first-order valence-corrected chi connectivity index (χ1v) is 11.5. The van der Waals surface area contributed by atoms with Gasteiger partial charge in [-0.05, 0) is 59.5 Å². The standard InChI is InChI=1S/C28H30N2O4/c1-3-28(32)30-27-12-11-23(34-18-19-7-6-8-22(13-19)33-2)15-25(27)21(17-31)14-20-16-29-26-10-5-4-9-24(20)26/h4-13,15-16,21,29,31H,3,14,17-18H2,1-2H3,(H,30,32)/t21-/m0/s1. The smallest absolute Gasteiger partial charge is 0.224 e. The van der Waals surface area contributed by atoms with E-state index in [4.69, 9.17) is 9.47 Å². The van der Waals surface area contributed by atoms with Gasteiger partial charge in [-0.3, -0.25) is 4.79 Å². The van der Waals surface area contributed by atoms with Gasteiger partial charge in [0.15, 0.2) is 0 Å². The van der Waals surface area contributed by atoms with Crippen molar-refractivity contribution in [2.45, 2.75) is 32.3 Å². The fourth-order valence-electron chi connectivity index (χ4n) is 4.09. The number of carbonyl (C=O) groups excluding carboxylic acids is 1. The molecule has 0 saturated heterocycles. The Labute approximate surface area is 199 Å². The van der Waals surface area contributed by atoms with Crippen molar-refractivity contribution in [3.8, 4) is 11.5 Å². The number of aromatic nitrogens is 1. The van der Waals surface area contributed by atoms with E-state index in [1.165, 1.54) is 0 Å². The number of para-hydroxylation sites is 1. The van der Waals surface area contributed by atoms with Crippen LogP contribution in [0.2, 0.25) is 0 Å². The molecule has 34 heavy (non-hydrogen) atoms. The maximum absolute atomic E-state index is 12.2. The molecule has 4 aromatic rings. The molecule has 0 bridgehead atoms. The van der Waals surface area contributed by atoms with E-state index in [0.29, 0.717) is 30.9 Å². The summed E-state index contributed by atoms with van der Waals surface area (Å²) >= 11 is 0. The minimum absolute atomic E-state index is 0.0617. The van der Waals surface area contributed by atoms with Gasteiger partial charge in [-0.25, -0.2) is 0 Å². The van der Waals surface area contributed by atoms with Crippen molar-refractivity contribution in [3.63, 3.8) is 0 Å². The molecule has 0 saturated carbocycles. The van der Waals surface area contributed by atoms with E-state index in [2.05, 4.69) is 16.4 Å². The number of ether oxygens (including phenoxy) is 2. The summed E-state index contributed by atoms with van der Waals surface area (Å²) in [5.74, 6) is 1.16. The van der Waals surface area contributed by atoms with Crippen LogP contribution in [0.4, 0.5) is 5.69 Å². The minimum Gasteiger partial charge on any atom is -0.497 e. The SMILES string of the molecule is CCC(=O)Nc1ccc(OCc2cccc(OC)c2)cc1[C@H](CO)Cc1c[nH]c2ccccc12. The zero-order chi connectivity index (χ0) is 23.9. The van der Waals surface area contributed by atoms with Gasteiger partial charge < -0.3 is 24.9 Å². The number of nitrogens with one attached hydrogen (secondary N) is 2. The number of rotatable bonds is 10. The topological polar surface area (TPSA) is 83.6 Å². The minimum atomic E-state index is -0.216. The third-order valence-corrected chi connectivity index (χ3v) is 5.96. The number of aliphatic hydroxyl groups is 1. The van der Waals surface area contributed by atoms with Crippen molar-refractivity contribution in [2.75, 3.05) is 19.0 Å². The van der Waals surface area contributed by atoms with E-state index in [0.717, 1.165) is 33.3 Å². The highest BCUT2D eigenvalue weighted by Crippen LogP contribution is 2.33. The molecule has 6 nitrogen and oxygen atoms in total. The highest BCUT2D eigenvalue weighted by molar-refractivity contribution is 5.91. The van der Waals surface area contributed by atoms with Gasteiger partial charge in [0.25, 0.3) is 0 Å². The molecule has 0 aliphatic carbocycles. The van der Waals surface area contributed by atoms with Crippen LogP contribution >= 0.6 is 0 Å². The Hall–Kier alpha value is -3.77. The molecule has 1 heterocycles. The van der Waals surface area contributed by atoms with Gasteiger partial charge in [-0.2, -0.15) is 0 Å². The second-order valence-electron chi connectivity index (χ2n) is 8.23. The van der Waals surface area contributed by atoms with Gasteiger partial charge in [-0.15, -0.1) is 0 Å². The molecule has 4 rings (SSSR count). The molecule has 1 amide bonds. The van der Waals surface area contributed by atoms with Crippen LogP contribution in [-0.4, -0.2) is 29.7 Å². The summed E-state index contributed by atoms with van der Waals surface area (Å²) < 4.78 is 11.4. The average Bonchev–Trinajstić information content (AvgIpc) is 3.29. The molecular formula is C28H30N2O4. The Balaban J connectivity index is 1.61. The molecule has 3 aromatic carbocycles. The lowest BCUT2D eigenvalue weighted by Gasteiger charge is -2.20. The molecule has 3 N–H and O–H groups in total. The van der Waals surface area contributed by atoms with Crippen LogP contribution in [0.1, 0.15) is 36.0 Å². The molecule has 0 radical (unpaired) electrons.